The zero-order valence-electron chi connectivity index (χ0n) is 13.5. The van der Waals surface area contributed by atoms with Crippen LogP contribution >= 0.6 is 7.60 Å². The number of carbonyl (C=O) groups is 1. The lowest BCUT2D eigenvalue weighted by molar-refractivity contribution is -0.123. The lowest BCUT2D eigenvalue weighted by atomic mass is 9.97. The van der Waals surface area contributed by atoms with E-state index in [9.17, 15) is 14.5 Å². The molecule has 0 heterocycles. The first kappa shape index (κ1) is 19.8. The van der Waals surface area contributed by atoms with Crippen LogP contribution < -0.4 is 0 Å². The summed E-state index contributed by atoms with van der Waals surface area (Å²) in [5.74, 6) is -0.899. The third-order valence-corrected chi connectivity index (χ3v) is 5.06. The average Bonchev–Trinajstić information content (AvgIpc) is 2.23. The van der Waals surface area contributed by atoms with Gasteiger partial charge in [-0.15, -0.1) is 0 Å². The van der Waals surface area contributed by atoms with E-state index >= 15 is 0 Å². The standard InChI is InChI=1S/C14H29O5P/c1-7-8-14(16)13(12(6)15)9-20(17,18-10(2)3)19-11(4)5/h10-11,13-14,16H,7-9H2,1-6H3/t13-,14-/m1/s1. The second-order valence-corrected chi connectivity index (χ2v) is 7.68. The molecule has 0 spiro atoms. The fourth-order valence-electron chi connectivity index (χ4n) is 2.01. The number of hydrogen-bond donors (Lipinski definition) is 1. The molecule has 0 aliphatic carbocycles. The Bertz CT molecular complexity index is 326. The van der Waals surface area contributed by atoms with E-state index in [1.807, 2.05) is 6.92 Å². The molecular formula is C14H29O5P. The molecule has 0 aromatic heterocycles. The number of rotatable bonds is 10. The smallest absolute Gasteiger partial charge is 0.331 e. The first-order valence-corrected chi connectivity index (χ1v) is 8.98. The summed E-state index contributed by atoms with van der Waals surface area (Å²) >= 11 is 0. The summed E-state index contributed by atoms with van der Waals surface area (Å²) in [6.45, 7) is 10.4. The van der Waals surface area contributed by atoms with Crippen LogP contribution in [0.2, 0.25) is 0 Å². The molecule has 0 radical (unpaired) electrons. The molecular weight excluding hydrogens is 279 g/mol. The molecule has 6 heteroatoms. The average molecular weight is 308 g/mol. The van der Waals surface area contributed by atoms with Gasteiger partial charge in [0.1, 0.15) is 5.78 Å². The molecule has 0 aliphatic rings. The van der Waals surface area contributed by atoms with Crippen LogP contribution in [0.1, 0.15) is 54.4 Å². The van der Waals surface area contributed by atoms with Crippen molar-refractivity contribution in [3.05, 3.63) is 0 Å². The number of aliphatic hydroxyl groups excluding tert-OH is 1. The minimum Gasteiger partial charge on any atom is -0.392 e. The van der Waals surface area contributed by atoms with Crippen molar-refractivity contribution in [3.8, 4) is 0 Å². The number of carbonyl (C=O) groups excluding carboxylic acids is 1. The SMILES string of the molecule is CCC[C@@H](O)[C@H](CP(=O)(OC(C)C)OC(C)C)C(C)=O. The minimum atomic E-state index is -3.40. The number of hydrogen-bond acceptors (Lipinski definition) is 5. The van der Waals surface area contributed by atoms with Gasteiger partial charge in [0, 0.05) is 0 Å². The predicted molar refractivity (Wildman–Crippen MR) is 80.0 cm³/mol. The fraction of sp³-hybridized carbons (Fsp3) is 0.929. The summed E-state index contributed by atoms with van der Waals surface area (Å²) in [6.07, 6.45) is -0.165. The summed E-state index contributed by atoms with van der Waals surface area (Å²) in [5, 5.41) is 10.1. The van der Waals surface area contributed by atoms with Crippen LogP contribution in [0.5, 0.6) is 0 Å². The highest BCUT2D eigenvalue weighted by atomic mass is 31.2. The van der Waals surface area contributed by atoms with Gasteiger partial charge in [-0.1, -0.05) is 13.3 Å². The highest BCUT2D eigenvalue weighted by molar-refractivity contribution is 7.53. The number of aliphatic hydroxyl groups is 1. The van der Waals surface area contributed by atoms with E-state index in [1.54, 1.807) is 27.7 Å². The number of ketones is 1. The topological polar surface area (TPSA) is 72.8 Å². The van der Waals surface area contributed by atoms with Crippen LogP contribution in [0.3, 0.4) is 0 Å². The highest BCUT2D eigenvalue weighted by Gasteiger charge is 2.36. The summed E-state index contributed by atoms with van der Waals surface area (Å²) in [6, 6.07) is 0. The Morgan fingerprint density at radius 2 is 1.60 bits per heavy atom. The molecule has 0 aromatic rings. The van der Waals surface area contributed by atoms with Gasteiger partial charge in [0.15, 0.2) is 0 Å². The van der Waals surface area contributed by atoms with Gasteiger partial charge >= 0.3 is 7.60 Å². The van der Waals surface area contributed by atoms with E-state index in [4.69, 9.17) is 9.05 Å². The summed E-state index contributed by atoms with van der Waals surface area (Å²) in [4.78, 5) is 11.7. The number of Topliss-reactive ketones (excluding diaryl/α,β-unsaturated/α-hetero) is 1. The molecule has 0 fully saturated rings. The van der Waals surface area contributed by atoms with E-state index in [-0.39, 0.29) is 24.2 Å². The van der Waals surface area contributed by atoms with E-state index in [1.165, 1.54) is 6.92 Å². The maximum atomic E-state index is 12.7. The van der Waals surface area contributed by atoms with Gasteiger partial charge in [0.2, 0.25) is 0 Å². The molecule has 5 nitrogen and oxygen atoms in total. The highest BCUT2D eigenvalue weighted by Crippen LogP contribution is 2.52. The van der Waals surface area contributed by atoms with E-state index < -0.39 is 19.6 Å². The van der Waals surface area contributed by atoms with Gasteiger partial charge in [-0.25, -0.2) is 0 Å². The Morgan fingerprint density at radius 1 is 1.15 bits per heavy atom. The van der Waals surface area contributed by atoms with Crippen LogP contribution in [0.15, 0.2) is 0 Å². The normalized spacial score (nSPS) is 15.7. The van der Waals surface area contributed by atoms with E-state index in [0.29, 0.717) is 6.42 Å². The molecule has 0 saturated heterocycles. The lowest BCUT2D eigenvalue weighted by Crippen LogP contribution is -2.31. The summed E-state index contributed by atoms with van der Waals surface area (Å²) in [7, 11) is -3.40. The van der Waals surface area contributed by atoms with Gasteiger partial charge in [0.25, 0.3) is 0 Å². The second kappa shape index (κ2) is 8.93. The lowest BCUT2D eigenvalue weighted by Gasteiger charge is -2.27. The van der Waals surface area contributed by atoms with Crippen LogP contribution in [0.4, 0.5) is 0 Å². The quantitative estimate of drug-likeness (QED) is 0.626. The van der Waals surface area contributed by atoms with Crippen molar-refractivity contribution in [3.63, 3.8) is 0 Å². The third-order valence-electron chi connectivity index (χ3n) is 2.73. The van der Waals surface area contributed by atoms with Gasteiger partial charge in [0.05, 0.1) is 30.4 Å². The largest absolute Gasteiger partial charge is 0.392 e. The Balaban J connectivity index is 5.07. The van der Waals surface area contributed by atoms with Crippen molar-refractivity contribution in [2.45, 2.75) is 72.7 Å². The first-order valence-electron chi connectivity index (χ1n) is 7.25. The molecule has 0 unspecified atom stereocenters. The van der Waals surface area contributed by atoms with Gasteiger partial charge in [-0.05, 0) is 41.0 Å². The molecule has 120 valence electrons. The molecule has 0 bridgehead atoms. The van der Waals surface area contributed by atoms with Crippen molar-refractivity contribution in [2.75, 3.05) is 6.16 Å². The van der Waals surface area contributed by atoms with Crippen molar-refractivity contribution >= 4 is 13.4 Å². The van der Waals surface area contributed by atoms with Crippen molar-refractivity contribution < 1.29 is 23.5 Å². The summed E-state index contributed by atoms with van der Waals surface area (Å²) in [5.41, 5.74) is 0. The van der Waals surface area contributed by atoms with E-state index in [2.05, 4.69) is 0 Å². The first-order chi connectivity index (χ1) is 9.11. The Hall–Kier alpha value is -0.220. The third kappa shape index (κ3) is 7.53. The molecule has 20 heavy (non-hydrogen) atoms. The van der Waals surface area contributed by atoms with Crippen molar-refractivity contribution in [1.82, 2.24) is 0 Å². The maximum absolute atomic E-state index is 12.7. The van der Waals surface area contributed by atoms with E-state index in [0.717, 1.165) is 6.42 Å². The van der Waals surface area contributed by atoms with Crippen LogP contribution in [0, 0.1) is 5.92 Å². The molecule has 2 atom stereocenters. The zero-order valence-corrected chi connectivity index (χ0v) is 14.4. The summed E-state index contributed by atoms with van der Waals surface area (Å²) < 4.78 is 23.6. The van der Waals surface area contributed by atoms with Crippen LogP contribution in [-0.4, -0.2) is 35.4 Å². The van der Waals surface area contributed by atoms with Gasteiger partial charge < -0.3 is 14.2 Å². The molecule has 0 aliphatic heterocycles. The van der Waals surface area contributed by atoms with Crippen molar-refractivity contribution in [2.24, 2.45) is 5.92 Å². The monoisotopic (exact) mass is 308 g/mol. The zero-order chi connectivity index (χ0) is 15.9. The van der Waals surface area contributed by atoms with Crippen LogP contribution in [0.25, 0.3) is 0 Å². The molecule has 1 N–H and O–H groups in total. The van der Waals surface area contributed by atoms with Crippen LogP contribution in [-0.2, 0) is 18.4 Å². The second-order valence-electron chi connectivity index (χ2n) is 5.67. The van der Waals surface area contributed by atoms with Gasteiger partial charge in [-0.3, -0.25) is 9.36 Å². The minimum absolute atomic E-state index is 0.0696. The van der Waals surface area contributed by atoms with Gasteiger partial charge in [-0.2, -0.15) is 0 Å². The molecule has 0 aromatic carbocycles. The fourth-order valence-corrected chi connectivity index (χ4v) is 4.50. The predicted octanol–water partition coefficient (Wildman–Crippen LogP) is 3.40. The maximum Gasteiger partial charge on any atom is 0.331 e. The molecule has 0 rings (SSSR count). The Kier molecular flexibility index (Phi) is 8.83. The van der Waals surface area contributed by atoms with Crippen molar-refractivity contribution in [1.29, 1.82) is 0 Å². The molecule has 0 saturated carbocycles. The Labute approximate surface area is 122 Å². The Morgan fingerprint density at radius 3 is 1.90 bits per heavy atom. The molecule has 0 amide bonds.